The van der Waals surface area contributed by atoms with Crippen molar-refractivity contribution < 1.29 is 0 Å². The van der Waals surface area contributed by atoms with E-state index in [9.17, 15) is 0 Å². The van der Waals surface area contributed by atoms with Gasteiger partial charge < -0.3 is 4.98 Å². The van der Waals surface area contributed by atoms with Crippen molar-refractivity contribution in [3.8, 4) is 0 Å². The van der Waals surface area contributed by atoms with Crippen molar-refractivity contribution in [2.45, 2.75) is 6.92 Å². The molecule has 0 fully saturated rings. The van der Waals surface area contributed by atoms with Crippen molar-refractivity contribution in [2.75, 3.05) is 0 Å². The summed E-state index contributed by atoms with van der Waals surface area (Å²) in [5.74, 6) is 0.777. The molecule has 0 spiro atoms. The molecule has 4 heteroatoms. The Hall–Kier alpha value is -1.77. The van der Waals surface area contributed by atoms with E-state index < -0.39 is 0 Å². The van der Waals surface area contributed by atoms with Crippen LogP contribution in [0.15, 0.2) is 36.4 Å². The maximum absolute atomic E-state index is 5.99. The Kier molecular flexibility index (Phi) is 3.51. The highest BCUT2D eigenvalue weighted by Crippen LogP contribution is 2.26. The Bertz CT molecular complexity index is 747. The molecule has 0 amide bonds. The summed E-state index contributed by atoms with van der Waals surface area (Å²) < 4.78 is 0. The lowest BCUT2D eigenvalue weighted by molar-refractivity contribution is 1.29. The Morgan fingerprint density at radius 3 is 2.45 bits per heavy atom. The molecule has 1 heterocycles. The zero-order chi connectivity index (χ0) is 14.1. The molecule has 100 valence electrons. The number of fused-ring (bicyclic) bond motifs is 1. The van der Waals surface area contributed by atoms with Gasteiger partial charge in [0.2, 0.25) is 0 Å². The quantitative estimate of drug-likeness (QED) is 0.679. The minimum Gasteiger partial charge on any atom is -0.338 e. The Morgan fingerprint density at radius 2 is 1.70 bits per heavy atom. The smallest absolute Gasteiger partial charge is 0.131 e. The van der Waals surface area contributed by atoms with Gasteiger partial charge in [-0.3, -0.25) is 0 Å². The second-order valence-electron chi connectivity index (χ2n) is 4.65. The third kappa shape index (κ3) is 2.72. The number of hydrogen-bond donors (Lipinski definition) is 1. The van der Waals surface area contributed by atoms with E-state index >= 15 is 0 Å². The van der Waals surface area contributed by atoms with Crippen LogP contribution in [0.4, 0.5) is 0 Å². The molecule has 0 saturated carbocycles. The summed E-state index contributed by atoms with van der Waals surface area (Å²) in [4.78, 5) is 7.67. The van der Waals surface area contributed by atoms with Gasteiger partial charge in [-0.1, -0.05) is 59.1 Å². The van der Waals surface area contributed by atoms with Crippen molar-refractivity contribution in [1.29, 1.82) is 0 Å². The summed E-state index contributed by atoms with van der Waals surface area (Å²) in [6.07, 6.45) is 3.95. The molecule has 1 aromatic heterocycles. The second kappa shape index (κ2) is 5.31. The first-order valence-corrected chi connectivity index (χ1v) is 6.97. The molecule has 0 saturated heterocycles. The van der Waals surface area contributed by atoms with Gasteiger partial charge in [-0.15, -0.1) is 0 Å². The molecule has 0 aliphatic rings. The van der Waals surface area contributed by atoms with E-state index in [2.05, 4.69) is 41.2 Å². The predicted molar refractivity (Wildman–Crippen MR) is 86.2 cm³/mol. The summed E-state index contributed by atoms with van der Waals surface area (Å²) >= 11 is 12.0. The van der Waals surface area contributed by atoms with Crippen LogP contribution in [-0.2, 0) is 0 Å². The van der Waals surface area contributed by atoms with Gasteiger partial charge in [0, 0.05) is 0 Å². The van der Waals surface area contributed by atoms with Gasteiger partial charge >= 0.3 is 0 Å². The number of aromatic amines is 1. The molecule has 0 unspecified atom stereocenters. The largest absolute Gasteiger partial charge is 0.338 e. The number of nitrogens with one attached hydrogen (secondary N) is 1. The van der Waals surface area contributed by atoms with Gasteiger partial charge in [0.15, 0.2) is 0 Å². The zero-order valence-electron chi connectivity index (χ0n) is 10.8. The molecule has 0 radical (unpaired) electrons. The second-order valence-corrected chi connectivity index (χ2v) is 5.46. The number of nitrogens with zero attached hydrogens (tertiary/aromatic N) is 1. The van der Waals surface area contributed by atoms with Gasteiger partial charge in [0.1, 0.15) is 5.82 Å². The zero-order valence-corrected chi connectivity index (χ0v) is 12.3. The molecule has 20 heavy (non-hydrogen) atoms. The van der Waals surface area contributed by atoms with Gasteiger partial charge in [0.05, 0.1) is 21.1 Å². The van der Waals surface area contributed by atoms with Gasteiger partial charge in [-0.25, -0.2) is 4.98 Å². The average Bonchev–Trinajstić information content (AvgIpc) is 2.80. The first-order valence-electron chi connectivity index (χ1n) is 6.21. The lowest BCUT2D eigenvalue weighted by Crippen LogP contribution is -1.76. The van der Waals surface area contributed by atoms with E-state index in [0.717, 1.165) is 22.4 Å². The highest BCUT2D eigenvalue weighted by Gasteiger charge is 2.04. The molecule has 2 aromatic carbocycles. The highest BCUT2D eigenvalue weighted by atomic mass is 35.5. The van der Waals surface area contributed by atoms with Crippen molar-refractivity contribution in [1.82, 2.24) is 9.97 Å². The summed E-state index contributed by atoms with van der Waals surface area (Å²) in [6.45, 7) is 2.07. The van der Waals surface area contributed by atoms with Crippen molar-refractivity contribution in [2.24, 2.45) is 0 Å². The number of halogens is 2. The van der Waals surface area contributed by atoms with Gasteiger partial charge in [-0.05, 0) is 30.7 Å². The maximum atomic E-state index is 5.99. The number of imidazole rings is 1. The minimum atomic E-state index is 0.514. The van der Waals surface area contributed by atoms with E-state index in [4.69, 9.17) is 23.2 Å². The van der Waals surface area contributed by atoms with E-state index in [1.807, 2.05) is 12.2 Å². The summed E-state index contributed by atoms with van der Waals surface area (Å²) in [5, 5.41) is 1.04. The third-order valence-electron chi connectivity index (χ3n) is 3.05. The van der Waals surface area contributed by atoms with E-state index in [0.29, 0.717) is 10.0 Å². The van der Waals surface area contributed by atoms with Crippen LogP contribution in [0.25, 0.3) is 23.2 Å². The molecule has 0 bridgehead atoms. The van der Waals surface area contributed by atoms with E-state index in [1.54, 1.807) is 12.1 Å². The maximum Gasteiger partial charge on any atom is 0.131 e. The number of benzene rings is 2. The predicted octanol–water partition coefficient (Wildman–Crippen LogP) is 5.35. The lowest BCUT2D eigenvalue weighted by Gasteiger charge is -1.93. The van der Waals surface area contributed by atoms with Crippen molar-refractivity contribution in [3.63, 3.8) is 0 Å². The first-order chi connectivity index (χ1) is 9.61. The molecule has 3 rings (SSSR count). The Labute approximate surface area is 127 Å². The molecule has 0 aliphatic carbocycles. The van der Waals surface area contributed by atoms with Crippen molar-refractivity contribution in [3.05, 3.63) is 63.4 Å². The van der Waals surface area contributed by atoms with Crippen LogP contribution in [0.1, 0.15) is 17.0 Å². The van der Waals surface area contributed by atoms with Crippen molar-refractivity contribution >= 4 is 46.4 Å². The fourth-order valence-corrected chi connectivity index (χ4v) is 2.28. The summed E-state index contributed by atoms with van der Waals surface area (Å²) in [6, 6.07) is 11.9. The van der Waals surface area contributed by atoms with Crippen LogP contribution < -0.4 is 0 Å². The first kappa shape index (κ1) is 13.2. The highest BCUT2D eigenvalue weighted by molar-refractivity contribution is 6.42. The summed E-state index contributed by atoms with van der Waals surface area (Å²) in [5.41, 5.74) is 4.06. The SMILES string of the molecule is Cc1ccc(/C=C/c2nc3cc(Cl)c(Cl)cc3[nH]2)cc1. The normalized spacial score (nSPS) is 11.6. The number of aromatic nitrogens is 2. The summed E-state index contributed by atoms with van der Waals surface area (Å²) in [7, 11) is 0. The fourth-order valence-electron chi connectivity index (χ4n) is 1.96. The van der Waals surface area contributed by atoms with Gasteiger partial charge in [0.25, 0.3) is 0 Å². The molecule has 3 aromatic rings. The Balaban J connectivity index is 1.92. The number of H-pyrrole nitrogens is 1. The van der Waals surface area contributed by atoms with Crippen LogP contribution in [0.5, 0.6) is 0 Å². The lowest BCUT2D eigenvalue weighted by atomic mass is 10.1. The third-order valence-corrected chi connectivity index (χ3v) is 3.78. The average molecular weight is 303 g/mol. The van der Waals surface area contributed by atoms with Crippen LogP contribution >= 0.6 is 23.2 Å². The molecule has 0 aliphatic heterocycles. The topological polar surface area (TPSA) is 28.7 Å². The molecule has 2 nitrogen and oxygen atoms in total. The number of hydrogen-bond acceptors (Lipinski definition) is 1. The van der Waals surface area contributed by atoms with Crippen LogP contribution in [0.3, 0.4) is 0 Å². The van der Waals surface area contributed by atoms with Gasteiger partial charge in [-0.2, -0.15) is 0 Å². The van der Waals surface area contributed by atoms with E-state index in [1.165, 1.54) is 5.56 Å². The Morgan fingerprint density at radius 1 is 1.00 bits per heavy atom. The molecular weight excluding hydrogens is 291 g/mol. The van der Waals surface area contributed by atoms with E-state index in [-0.39, 0.29) is 0 Å². The monoisotopic (exact) mass is 302 g/mol. The van der Waals surface area contributed by atoms with Crippen LogP contribution in [0.2, 0.25) is 10.0 Å². The van der Waals surface area contributed by atoms with Crippen LogP contribution in [0, 0.1) is 6.92 Å². The number of rotatable bonds is 2. The number of aryl methyl sites for hydroxylation is 1. The molecule has 0 atom stereocenters. The molecular formula is C16H12Cl2N2. The fraction of sp³-hybridized carbons (Fsp3) is 0.0625. The van der Waals surface area contributed by atoms with Crippen LogP contribution in [-0.4, -0.2) is 9.97 Å². The molecule has 1 N–H and O–H groups in total. The minimum absolute atomic E-state index is 0.514. The standard InChI is InChI=1S/C16H12Cl2N2/c1-10-2-4-11(5-3-10)6-7-16-19-14-8-12(17)13(18)9-15(14)20-16/h2-9H,1H3,(H,19,20)/b7-6+.